The van der Waals surface area contributed by atoms with Crippen molar-refractivity contribution in [2.75, 3.05) is 25.3 Å². The topological polar surface area (TPSA) is 100 Å². The Morgan fingerprint density at radius 3 is 2.47 bits per heavy atom. The van der Waals surface area contributed by atoms with E-state index in [4.69, 9.17) is 9.47 Å². The summed E-state index contributed by atoms with van der Waals surface area (Å²) in [4.78, 5) is 26.2. The molecular formula is C30H33N3O4S. The molecule has 8 heteroatoms. The van der Waals surface area contributed by atoms with Crippen molar-refractivity contribution in [1.82, 2.24) is 5.32 Å². The molecule has 0 unspecified atom stereocenters. The minimum absolute atomic E-state index is 0.0219. The number of Topliss-reactive ketones (excluding diaryl/α,β-unsaturated/α-hetero) is 1. The molecule has 1 aliphatic carbocycles. The fourth-order valence-electron chi connectivity index (χ4n) is 5.01. The van der Waals surface area contributed by atoms with Crippen LogP contribution in [0.1, 0.15) is 50.7 Å². The van der Waals surface area contributed by atoms with E-state index in [9.17, 15) is 14.9 Å². The van der Waals surface area contributed by atoms with Gasteiger partial charge in [0.25, 0.3) is 0 Å². The number of hydrogen-bond acceptors (Lipinski definition) is 7. The maximum absolute atomic E-state index is 13.4. The van der Waals surface area contributed by atoms with E-state index in [-0.39, 0.29) is 22.9 Å². The van der Waals surface area contributed by atoms with Crippen LogP contribution in [0.3, 0.4) is 0 Å². The number of amides is 1. The van der Waals surface area contributed by atoms with Gasteiger partial charge < -0.3 is 20.1 Å². The minimum atomic E-state index is -0.563. The third kappa shape index (κ3) is 5.73. The zero-order chi connectivity index (χ0) is 27.4. The van der Waals surface area contributed by atoms with E-state index in [1.165, 1.54) is 17.3 Å². The zero-order valence-electron chi connectivity index (χ0n) is 22.4. The number of rotatable bonds is 8. The molecule has 4 rings (SSSR count). The lowest BCUT2D eigenvalue weighted by Crippen LogP contribution is -2.37. The van der Waals surface area contributed by atoms with Crippen molar-refractivity contribution < 1.29 is 19.1 Å². The highest BCUT2D eigenvalue weighted by Crippen LogP contribution is 2.48. The van der Waals surface area contributed by atoms with Crippen molar-refractivity contribution in [2.45, 2.75) is 46.0 Å². The van der Waals surface area contributed by atoms with Gasteiger partial charge in [0.1, 0.15) is 0 Å². The van der Waals surface area contributed by atoms with Gasteiger partial charge in [0, 0.05) is 23.4 Å². The zero-order valence-corrected chi connectivity index (χ0v) is 23.3. The number of carbonyl (C=O) groups is 2. The van der Waals surface area contributed by atoms with Crippen molar-refractivity contribution in [1.29, 1.82) is 5.26 Å². The third-order valence-corrected chi connectivity index (χ3v) is 7.88. The summed E-state index contributed by atoms with van der Waals surface area (Å²) in [5.41, 5.74) is 4.30. The second-order valence-corrected chi connectivity index (χ2v) is 11.2. The van der Waals surface area contributed by atoms with E-state index in [0.717, 1.165) is 23.4 Å². The van der Waals surface area contributed by atoms with Crippen molar-refractivity contribution in [2.24, 2.45) is 5.41 Å². The van der Waals surface area contributed by atoms with Crippen LogP contribution < -0.4 is 20.1 Å². The summed E-state index contributed by atoms with van der Waals surface area (Å²) in [6.07, 6.45) is 1.99. The smallest absolute Gasteiger partial charge is 0.234 e. The number of ketones is 1. The van der Waals surface area contributed by atoms with Crippen molar-refractivity contribution in [3.8, 4) is 17.6 Å². The second-order valence-electron chi connectivity index (χ2n) is 10.2. The summed E-state index contributed by atoms with van der Waals surface area (Å²) >= 11 is 1.27. The number of anilines is 1. The van der Waals surface area contributed by atoms with Crippen LogP contribution in [0.4, 0.5) is 5.69 Å². The number of nitrogens with zero attached hydrogens (tertiary/aromatic N) is 1. The molecular weight excluding hydrogens is 498 g/mol. The van der Waals surface area contributed by atoms with Gasteiger partial charge in [-0.1, -0.05) is 50.7 Å². The number of methoxy groups -OCH3 is 2. The molecule has 1 atom stereocenters. The highest BCUT2D eigenvalue weighted by molar-refractivity contribution is 8.03. The Kier molecular flexibility index (Phi) is 8.17. The SMILES string of the molecule is CCc1ccc(NC(=O)CSC2=C(C#N)[C@@H](c3ccc(OC)c(OC)c3)C3=C(CC(C)(C)CC3=O)N2)cc1. The number of ether oxygens (including phenoxy) is 2. The predicted molar refractivity (Wildman–Crippen MR) is 150 cm³/mol. The molecule has 0 fully saturated rings. The molecule has 1 amide bonds. The Labute approximate surface area is 228 Å². The minimum Gasteiger partial charge on any atom is -0.493 e. The molecule has 1 aliphatic heterocycles. The number of carbonyl (C=O) groups excluding carboxylic acids is 2. The molecule has 1 heterocycles. The molecule has 0 radical (unpaired) electrons. The average molecular weight is 532 g/mol. The number of aryl methyl sites for hydroxylation is 1. The first-order chi connectivity index (χ1) is 18.2. The number of hydrogen-bond donors (Lipinski definition) is 2. The fraction of sp³-hybridized carbons (Fsp3) is 0.367. The number of thioether (sulfide) groups is 1. The highest BCUT2D eigenvalue weighted by Gasteiger charge is 2.42. The fourth-order valence-corrected chi connectivity index (χ4v) is 5.88. The van der Waals surface area contributed by atoms with E-state index in [0.29, 0.717) is 40.5 Å². The lowest BCUT2D eigenvalue weighted by Gasteiger charge is -2.39. The van der Waals surface area contributed by atoms with Crippen LogP contribution in [0.25, 0.3) is 0 Å². The van der Waals surface area contributed by atoms with Gasteiger partial charge in [0.15, 0.2) is 17.3 Å². The third-order valence-electron chi connectivity index (χ3n) is 6.86. The van der Waals surface area contributed by atoms with Crippen LogP contribution in [-0.2, 0) is 16.0 Å². The van der Waals surface area contributed by atoms with Gasteiger partial charge in [0.2, 0.25) is 5.91 Å². The summed E-state index contributed by atoms with van der Waals surface area (Å²) in [6, 6.07) is 15.6. The number of benzene rings is 2. The lowest BCUT2D eigenvalue weighted by atomic mass is 9.69. The average Bonchev–Trinajstić information content (AvgIpc) is 2.90. The predicted octanol–water partition coefficient (Wildman–Crippen LogP) is 5.70. The Balaban J connectivity index is 1.67. The number of nitriles is 1. The van der Waals surface area contributed by atoms with Crippen molar-refractivity contribution >= 4 is 29.1 Å². The van der Waals surface area contributed by atoms with Gasteiger partial charge in [0.05, 0.1) is 42.6 Å². The van der Waals surface area contributed by atoms with Crippen LogP contribution >= 0.6 is 11.8 Å². The molecule has 38 heavy (non-hydrogen) atoms. The number of allylic oxidation sites excluding steroid dienone is 3. The first-order valence-electron chi connectivity index (χ1n) is 12.6. The molecule has 2 aliphatic rings. The quantitative estimate of drug-likeness (QED) is 0.450. The van der Waals surface area contributed by atoms with E-state index in [2.05, 4.69) is 37.5 Å². The largest absolute Gasteiger partial charge is 0.493 e. The lowest BCUT2D eigenvalue weighted by molar-refractivity contribution is -0.118. The van der Waals surface area contributed by atoms with Gasteiger partial charge >= 0.3 is 0 Å². The summed E-state index contributed by atoms with van der Waals surface area (Å²) in [5.74, 6) is 0.487. The van der Waals surface area contributed by atoms with Gasteiger partial charge in [-0.2, -0.15) is 5.26 Å². The summed E-state index contributed by atoms with van der Waals surface area (Å²) in [5, 5.41) is 17.2. The van der Waals surface area contributed by atoms with Gasteiger partial charge in [-0.25, -0.2) is 0 Å². The van der Waals surface area contributed by atoms with Crippen LogP contribution in [0, 0.1) is 16.7 Å². The first kappa shape index (κ1) is 27.3. The molecule has 0 saturated heterocycles. The van der Waals surface area contributed by atoms with Crippen LogP contribution in [0.15, 0.2) is 64.3 Å². The van der Waals surface area contributed by atoms with Gasteiger partial charge in [-0.15, -0.1) is 0 Å². The molecule has 7 nitrogen and oxygen atoms in total. The van der Waals surface area contributed by atoms with E-state index in [1.807, 2.05) is 36.4 Å². The van der Waals surface area contributed by atoms with E-state index < -0.39 is 5.92 Å². The van der Waals surface area contributed by atoms with Crippen LogP contribution in [-0.4, -0.2) is 31.7 Å². The van der Waals surface area contributed by atoms with Gasteiger partial charge in [-0.05, 0) is 53.6 Å². The molecule has 0 aromatic heterocycles. The van der Waals surface area contributed by atoms with Gasteiger partial charge in [-0.3, -0.25) is 9.59 Å². The van der Waals surface area contributed by atoms with Crippen LogP contribution in [0.5, 0.6) is 11.5 Å². The van der Waals surface area contributed by atoms with E-state index in [1.54, 1.807) is 20.3 Å². The maximum Gasteiger partial charge on any atom is 0.234 e. The normalized spacial score (nSPS) is 18.3. The van der Waals surface area contributed by atoms with E-state index >= 15 is 0 Å². The maximum atomic E-state index is 13.4. The standard InChI is InChI=1S/C30H33N3O4S/c1-6-18-7-10-20(11-8-18)32-26(35)17-38-29-21(16-31)27(19-9-12-24(36-4)25(13-19)37-5)28-22(33-29)14-30(2,3)15-23(28)34/h7-13,27,33H,6,14-15,17H2,1-5H3,(H,32,35)/t27-/m1/s1. The Hall–Kier alpha value is -3.70. The Bertz CT molecular complexity index is 1350. The molecule has 2 aromatic carbocycles. The molecule has 2 aromatic rings. The second kappa shape index (κ2) is 11.4. The summed E-state index contributed by atoms with van der Waals surface area (Å²) in [6.45, 7) is 6.21. The molecule has 0 spiro atoms. The monoisotopic (exact) mass is 531 g/mol. The molecule has 198 valence electrons. The van der Waals surface area contributed by atoms with Crippen molar-refractivity contribution in [3.63, 3.8) is 0 Å². The van der Waals surface area contributed by atoms with Crippen LogP contribution in [0.2, 0.25) is 0 Å². The van der Waals surface area contributed by atoms with Crippen molar-refractivity contribution in [3.05, 3.63) is 75.5 Å². The molecule has 2 N–H and O–H groups in total. The Morgan fingerprint density at radius 2 is 1.84 bits per heavy atom. The molecule has 0 bridgehead atoms. The Morgan fingerprint density at radius 1 is 1.13 bits per heavy atom. The highest BCUT2D eigenvalue weighted by atomic mass is 32.2. The summed E-state index contributed by atoms with van der Waals surface area (Å²) in [7, 11) is 3.12. The first-order valence-corrected chi connectivity index (χ1v) is 13.6. The number of dihydropyridines is 1. The summed E-state index contributed by atoms with van der Waals surface area (Å²) < 4.78 is 10.9. The number of nitrogens with one attached hydrogen (secondary N) is 2. The molecule has 0 saturated carbocycles.